The third-order valence-corrected chi connectivity index (χ3v) is 3.14. The predicted molar refractivity (Wildman–Crippen MR) is 73.4 cm³/mol. The van der Waals surface area contributed by atoms with Crippen LogP contribution in [0.1, 0.15) is 34.6 Å². The molecule has 0 aliphatic heterocycles. The number of amides is 1. The maximum absolute atomic E-state index is 11.6. The Hall–Kier alpha value is -0.820. The molecule has 0 aliphatic rings. The lowest BCUT2D eigenvalue weighted by Crippen LogP contribution is -2.37. The van der Waals surface area contributed by atoms with Gasteiger partial charge in [0, 0.05) is 13.6 Å². The zero-order chi connectivity index (χ0) is 15.3. The van der Waals surface area contributed by atoms with Crippen molar-refractivity contribution in [3.05, 3.63) is 0 Å². The van der Waals surface area contributed by atoms with Crippen LogP contribution in [-0.2, 0) is 19.0 Å². The third-order valence-electron chi connectivity index (χ3n) is 1.96. The molecule has 0 aromatic carbocycles. The van der Waals surface area contributed by atoms with Crippen molar-refractivity contribution in [2.45, 2.75) is 40.2 Å². The van der Waals surface area contributed by atoms with Gasteiger partial charge >= 0.3 is 6.09 Å². The van der Waals surface area contributed by atoms with Crippen LogP contribution in [-0.4, -0.2) is 51.0 Å². The largest absolute Gasteiger partial charge is 0.444 e. The molecule has 0 unspecified atom stereocenters. The maximum atomic E-state index is 11.6. The molecule has 0 bridgehead atoms. The highest BCUT2D eigenvalue weighted by atomic mass is 32.2. The summed E-state index contributed by atoms with van der Waals surface area (Å²) in [5.74, 6) is -0.103. The van der Waals surface area contributed by atoms with Crippen molar-refractivity contribution in [1.82, 2.24) is 4.90 Å². The molecule has 7 heteroatoms. The van der Waals surface area contributed by atoms with Crippen molar-refractivity contribution >= 4 is 16.2 Å². The normalized spacial score (nSPS) is 12.6. The van der Waals surface area contributed by atoms with E-state index >= 15 is 0 Å². The Kier molecular flexibility index (Phi) is 6.79. The Morgan fingerprint density at radius 2 is 1.79 bits per heavy atom. The van der Waals surface area contributed by atoms with E-state index in [1.807, 2.05) is 13.8 Å². The summed E-state index contributed by atoms with van der Waals surface area (Å²) in [7, 11) is -2.11. The summed E-state index contributed by atoms with van der Waals surface area (Å²) < 4.78 is 33.0. The fourth-order valence-corrected chi connectivity index (χ4v) is 2.07. The van der Waals surface area contributed by atoms with E-state index in [-0.39, 0.29) is 24.8 Å². The Morgan fingerprint density at radius 1 is 1.26 bits per heavy atom. The summed E-state index contributed by atoms with van der Waals surface area (Å²) in [4.78, 5) is 12.8. The number of hydrogen-bond donors (Lipinski definition) is 0. The molecular weight excluding hydrogens is 270 g/mol. The van der Waals surface area contributed by atoms with Crippen molar-refractivity contribution in [2.75, 3.05) is 26.0 Å². The summed E-state index contributed by atoms with van der Waals surface area (Å²) in [6.45, 7) is 9.17. The number of ether oxygens (including phenoxy) is 1. The van der Waals surface area contributed by atoms with Crippen molar-refractivity contribution in [3.63, 3.8) is 0 Å². The van der Waals surface area contributed by atoms with Gasteiger partial charge < -0.3 is 9.64 Å². The molecule has 0 aliphatic carbocycles. The molecule has 0 rings (SSSR count). The molecule has 0 N–H and O–H groups in total. The minimum absolute atomic E-state index is 0.0370. The fourth-order valence-electron chi connectivity index (χ4n) is 0.979. The molecule has 6 nitrogen and oxygen atoms in total. The SMILES string of the molecule is CC(C)COS(=O)(=O)CCN(C)C(=O)OC(C)(C)C. The van der Waals surface area contributed by atoms with Crippen LogP contribution in [0.3, 0.4) is 0 Å². The van der Waals surface area contributed by atoms with Crippen LogP contribution < -0.4 is 0 Å². The molecule has 0 radical (unpaired) electrons. The number of carbonyl (C=O) groups is 1. The Balaban J connectivity index is 4.21. The van der Waals surface area contributed by atoms with E-state index in [0.29, 0.717) is 0 Å². The van der Waals surface area contributed by atoms with Crippen molar-refractivity contribution in [1.29, 1.82) is 0 Å². The number of hydrogen-bond acceptors (Lipinski definition) is 5. The van der Waals surface area contributed by atoms with E-state index in [2.05, 4.69) is 0 Å². The first-order chi connectivity index (χ1) is 8.43. The number of carbonyl (C=O) groups excluding carboxylic acids is 1. The molecule has 0 aromatic heterocycles. The minimum Gasteiger partial charge on any atom is -0.444 e. The quantitative estimate of drug-likeness (QED) is 0.699. The van der Waals surface area contributed by atoms with E-state index in [9.17, 15) is 13.2 Å². The van der Waals surface area contributed by atoms with Gasteiger partial charge in [0.05, 0.1) is 12.4 Å². The minimum atomic E-state index is -3.60. The van der Waals surface area contributed by atoms with Gasteiger partial charge in [-0.05, 0) is 26.7 Å². The van der Waals surface area contributed by atoms with E-state index in [4.69, 9.17) is 8.92 Å². The lowest BCUT2D eigenvalue weighted by Gasteiger charge is -2.24. The number of nitrogens with zero attached hydrogens (tertiary/aromatic N) is 1. The summed E-state index contributed by atoms with van der Waals surface area (Å²) in [5, 5.41) is 0. The summed E-state index contributed by atoms with van der Waals surface area (Å²) in [6, 6.07) is 0. The second-order valence-electron chi connectivity index (χ2n) is 5.84. The van der Waals surface area contributed by atoms with Crippen molar-refractivity contribution in [2.24, 2.45) is 5.92 Å². The molecule has 0 saturated carbocycles. The van der Waals surface area contributed by atoms with Crippen LogP contribution in [0.4, 0.5) is 4.79 Å². The Labute approximate surface area is 116 Å². The van der Waals surface area contributed by atoms with Gasteiger partial charge in [-0.2, -0.15) is 8.42 Å². The first-order valence-corrected chi connectivity index (χ1v) is 7.82. The highest BCUT2D eigenvalue weighted by Crippen LogP contribution is 2.09. The third kappa shape index (κ3) is 9.72. The summed E-state index contributed by atoms with van der Waals surface area (Å²) in [6.07, 6.45) is -0.549. The smallest absolute Gasteiger partial charge is 0.410 e. The van der Waals surface area contributed by atoms with Crippen LogP contribution in [0.25, 0.3) is 0 Å². The molecule has 0 spiro atoms. The lowest BCUT2D eigenvalue weighted by atomic mass is 10.2. The second kappa shape index (κ2) is 7.09. The fraction of sp³-hybridized carbons (Fsp3) is 0.917. The Morgan fingerprint density at radius 3 is 2.21 bits per heavy atom. The zero-order valence-electron chi connectivity index (χ0n) is 12.6. The molecule has 0 fully saturated rings. The van der Waals surface area contributed by atoms with Gasteiger partial charge in [-0.3, -0.25) is 4.18 Å². The number of rotatable bonds is 6. The van der Waals surface area contributed by atoms with E-state index < -0.39 is 21.8 Å². The standard InChI is InChI=1S/C12H25NO5S/c1-10(2)9-17-19(15,16)8-7-13(6)11(14)18-12(3,4)5/h10H,7-9H2,1-6H3. The van der Waals surface area contributed by atoms with Crippen LogP contribution in [0.5, 0.6) is 0 Å². The van der Waals surface area contributed by atoms with Crippen molar-refractivity contribution < 1.29 is 22.1 Å². The lowest BCUT2D eigenvalue weighted by molar-refractivity contribution is 0.0308. The van der Waals surface area contributed by atoms with Gasteiger partial charge in [0.2, 0.25) is 0 Å². The average Bonchev–Trinajstić information content (AvgIpc) is 2.21. The molecule has 114 valence electrons. The van der Waals surface area contributed by atoms with Gasteiger partial charge in [-0.25, -0.2) is 4.79 Å². The van der Waals surface area contributed by atoms with Gasteiger partial charge in [-0.15, -0.1) is 0 Å². The predicted octanol–water partition coefficient (Wildman–Crippen LogP) is 1.86. The van der Waals surface area contributed by atoms with Gasteiger partial charge in [0.25, 0.3) is 10.1 Å². The molecule has 1 amide bonds. The van der Waals surface area contributed by atoms with E-state index in [1.54, 1.807) is 20.8 Å². The average molecular weight is 295 g/mol. The van der Waals surface area contributed by atoms with Gasteiger partial charge in [0.15, 0.2) is 0 Å². The highest BCUT2D eigenvalue weighted by molar-refractivity contribution is 7.86. The van der Waals surface area contributed by atoms with Crippen LogP contribution in [0.15, 0.2) is 0 Å². The molecule has 0 atom stereocenters. The second-order valence-corrected chi connectivity index (χ2v) is 7.60. The summed E-state index contributed by atoms with van der Waals surface area (Å²) in [5.41, 5.74) is -0.599. The first-order valence-electron chi connectivity index (χ1n) is 6.24. The maximum Gasteiger partial charge on any atom is 0.410 e. The molecule has 0 aromatic rings. The first kappa shape index (κ1) is 18.2. The molecule has 0 heterocycles. The van der Waals surface area contributed by atoms with Crippen LogP contribution in [0.2, 0.25) is 0 Å². The summed E-state index contributed by atoms with van der Waals surface area (Å²) >= 11 is 0. The Bertz CT molecular complexity index is 383. The highest BCUT2D eigenvalue weighted by Gasteiger charge is 2.21. The van der Waals surface area contributed by atoms with Crippen LogP contribution >= 0.6 is 0 Å². The molecule has 19 heavy (non-hydrogen) atoms. The zero-order valence-corrected chi connectivity index (χ0v) is 13.4. The van der Waals surface area contributed by atoms with E-state index in [1.165, 1.54) is 11.9 Å². The van der Waals surface area contributed by atoms with Gasteiger partial charge in [-0.1, -0.05) is 13.8 Å². The monoisotopic (exact) mass is 295 g/mol. The van der Waals surface area contributed by atoms with E-state index in [0.717, 1.165) is 0 Å². The van der Waals surface area contributed by atoms with Crippen molar-refractivity contribution in [3.8, 4) is 0 Å². The molecular formula is C12H25NO5S. The molecule has 0 saturated heterocycles. The topological polar surface area (TPSA) is 72.9 Å². The van der Waals surface area contributed by atoms with Gasteiger partial charge in [0.1, 0.15) is 5.60 Å². The van der Waals surface area contributed by atoms with Crippen LogP contribution in [0, 0.1) is 5.92 Å².